The predicted molar refractivity (Wildman–Crippen MR) is 66.6 cm³/mol. The van der Waals surface area contributed by atoms with Gasteiger partial charge in [0.15, 0.2) is 11.5 Å². The van der Waals surface area contributed by atoms with Crippen LogP contribution >= 0.6 is 0 Å². The van der Waals surface area contributed by atoms with E-state index in [1.807, 2.05) is 0 Å². The fraction of sp³-hybridized carbons (Fsp3) is 0. The molecule has 1 heterocycles. The highest BCUT2D eigenvalue weighted by molar-refractivity contribution is 5.97. The molecule has 0 radical (unpaired) electrons. The molecule has 0 saturated carbocycles. The van der Waals surface area contributed by atoms with Crippen molar-refractivity contribution in [2.75, 3.05) is 0 Å². The van der Waals surface area contributed by atoms with E-state index in [0.29, 0.717) is 0 Å². The number of hydrogen-bond acceptors (Lipinski definition) is 6. The molecule has 19 heavy (non-hydrogen) atoms. The topological polar surface area (TPSA) is 111 Å². The number of fused-ring (bicyclic) bond motifs is 2. The van der Waals surface area contributed by atoms with Crippen LogP contribution < -0.4 is 5.43 Å². The summed E-state index contributed by atoms with van der Waals surface area (Å²) >= 11 is 0. The van der Waals surface area contributed by atoms with Crippen molar-refractivity contribution >= 4 is 21.9 Å². The van der Waals surface area contributed by atoms with Crippen molar-refractivity contribution in [3.05, 3.63) is 34.5 Å². The van der Waals surface area contributed by atoms with E-state index in [0.717, 1.165) is 6.07 Å². The highest BCUT2D eigenvalue weighted by atomic mass is 16.3. The molecule has 3 aromatic rings. The Kier molecular flexibility index (Phi) is 2.10. The molecule has 1 aromatic heterocycles. The summed E-state index contributed by atoms with van der Waals surface area (Å²) in [5.74, 6) is -2.49. The molecule has 4 N–H and O–H groups in total. The maximum Gasteiger partial charge on any atom is 0.208 e. The molecule has 0 fully saturated rings. The van der Waals surface area contributed by atoms with Crippen molar-refractivity contribution in [1.29, 1.82) is 0 Å². The van der Waals surface area contributed by atoms with Gasteiger partial charge < -0.3 is 24.8 Å². The number of phenols is 4. The highest BCUT2D eigenvalue weighted by Gasteiger charge is 2.19. The second-order valence-electron chi connectivity index (χ2n) is 4.05. The summed E-state index contributed by atoms with van der Waals surface area (Å²) in [6.45, 7) is 0. The highest BCUT2D eigenvalue weighted by Crippen LogP contribution is 2.40. The van der Waals surface area contributed by atoms with E-state index in [-0.39, 0.29) is 27.7 Å². The minimum Gasteiger partial charge on any atom is -0.507 e. The Labute approximate surface area is 105 Å². The summed E-state index contributed by atoms with van der Waals surface area (Å²) in [6.07, 6.45) is 0. The second kappa shape index (κ2) is 3.55. The van der Waals surface area contributed by atoms with Gasteiger partial charge in [-0.2, -0.15) is 0 Å². The molecule has 0 aliphatic rings. The van der Waals surface area contributed by atoms with Gasteiger partial charge in [-0.3, -0.25) is 4.79 Å². The van der Waals surface area contributed by atoms with Crippen LogP contribution in [0, 0.1) is 0 Å². The average Bonchev–Trinajstić information content (AvgIpc) is 2.35. The summed E-state index contributed by atoms with van der Waals surface area (Å²) in [7, 11) is 0. The van der Waals surface area contributed by atoms with E-state index < -0.39 is 22.7 Å². The quantitative estimate of drug-likeness (QED) is 0.362. The zero-order valence-electron chi connectivity index (χ0n) is 9.41. The van der Waals surface area contributed by atoms with Crippen LogP contribution in [0.1, 0.15) is 0 Å². The van der Waals surface area contributed by atoms with Crippen LogP contribution in [0.25, 0.3) is 21.9 Å². The van der Waals surface area contributed by atoms with Gasteiger partial charge >= 0.3 is 0 Å². The summed E-state index contributed by atoms with van der Waals surface area (Å²) in [4.78, 5) is 12.2. The third-order valence-corrected chi connectivity index (χ3v) is 2.90. The largest absolute Gasteiger partial charge is 0.507 e. The summed E-state index contributed by atoms with van der Waals surface area (Å²) in [5.41, 5.74) is -0.667. The van der Waals surface area contributed by atoms with Crippen molar-refractivity contribution < 1.29 is 24.8 Å². The SMILES string of the molecule is O=c1c2c(O)cccc2oc2cc(O)c(O)c(O)c12. The second-order valence-corrected chi connectivity index (χ2v) is 4.05. The molecule has 0 aliphatic carbocycles. The van der Waals surface area contributed by atoms with Crippen LogP contribution in [0.15, 0.2) is 33.5 Å². The Morgan fingerprint density at radius 2 is 1.58 bits per heavy atom. The van der Waals surface area contributed by atoms with Crippen LogP contribution in [0.3, 0.4) is 0 Å². The van der Waals surface area contributed by atoms with Gasteiger partial charge in [-0.1, -0.05) is 6.07 Å². The average molecular weight is 260 g/mol. The molecule has 0 saturated heterocycles. The smallest absolute Gasteiger partial charge is 0.208 e. The molecule has 0 aliphatic heterocycles. The maximum atomic E-state index is 12.2. The Hall–Kier alpha value is -2.89. The number of hydrogen-bond donors (Lipinski definition) is 4. The molecule has 6 heteroatoms. The Morgan fingerprint density at radius 1 is 0.842 bits per heavy atom. The molecule has 3 rings (SSSR count). The van der Waals surface area contributed by atoms with Crippen LogP contribution in [0.5, 0.6) is 23.0 Å². The van der Waals surface area contributed by atoms with E-state index in [4.69, 9.17) is 4.42 Å². The van der Waals surface area contributed by atoms with Gasteiger partial charge in [0.25, 0.3) is 0 Å². The zero-order chi connectivity index (χ0) is 13.7. The molecule has 2 aromatic carbocycles. The van der Waals surface area contributed by atoms with Crippen LogP contribution in [0.4, 0.5) is 0 Å². The number of rotatable bonds is 0. The number of benzene rings is 2. The van der Waals surface area contributed by atoms with E-state index >= 15 is 0 Å². The Balaban J connectivity index is 2.67. The van der Waals surface area contributed by atoms with Gasteiger partial charge in [0.1, 0.15) is 27.7 Å². The van der Waals surface area contributed by atoms with Gasteiger partial charge in [-0.05, 0) is 12.1 Å². The summed E-state index contributed by atoms with van der Waals surface area (Å²) in [6, 6.07) is 5.29. The van der Waals surface area contributed by atoms with E-state index in [2.05, 4.69) is 0 Å². The van der Waals surface area contributed by atoms with Crippen molar-refractivity contribution in [3.63, 3.8) is 0 Å². The molecule has 0 atom stereocenters. The molecule has 0 amide bonds. The van der Waals surface area contributed by atoms with Crippen LogP contribution in [0.2, 0.25) is 0 Å². The molecule has 0 bridgehead atoms. The van der Waals surface area contributed by atoms with Crippen molar-refractivity contribution in [1.82, 2.24) is 0 Å². The molecular weight excluding hydrogens is 252 g/mol. The minimum absolute atomic E-state index is 0.0871. The molecule has 96 valence electrons. The number of aromatic hydroxyl groups is 4. The monoisotopic (exact) mass is 260 g/mol. The predicted octanol–water partition coefficient (Wildman–Crippen LogP) is 1.77. The first-order chi connectivity index (χ1) is 9.00. The first-order valence-corrected chi connectivity index (χ1v) is 5.33. The Bertz CT molecular complexity index is 878. The first-order valence-electron chi connectivity index (χ1n) is 5.33. The van der Waals surface area contributed by atoms with Gasteiger partial charge in [0.05, 0.1) is 0 Å². The number of phenolic OH excluding ortho intramolecular Hbond substituents is 4. The summed E-state index contributed by atoms with van der Waals surface area (Å²) in [5, 5.41) is 37.8. The molecule has 0 unspecified atom stereocenters. The van der Waals surface area contributed by atoms with Crippen molar-refractivity contribution in [2.24, 2.45) is 0 Å². The fourth-order valence-corrected chi connectivity index (χ4v) is 2.00. The summed E-state index contributed by atoms with van der Waals surface area (Å²) < 4.78 is 5.33. The lowest BCUT2D eigenvalue weighted by Gasteiger charge is -2.06. The van der Waals surface area contributed by atoms with E-state index in [9.17, 15) is 25.2 Å². The lowest BCUT2D eigenvalue weighted by molar-refractivity contribution is 0.370. The Morgan fingerprint density at radius 3 is 2.32 bits per heavy atom. The van der Waals surface area contributed by atoms with Crippen LogP contribution in [-0.4, -0.2) is 20.4 Å². The maximum absolute atomic E-state index is 12.2. The minimum atomic E-state index is -0.811. The zero-order valence-corrected chi connectivity index (χ0v) is 9.41. The van der Waals surface area contributed by atoms with Crippen LogP contribution in [-0.2, 0) is 0 Å². The fourth-order valence-electron chi connectivity index (χ4n) is 2.00. The third-order valence-electron chi connectivity index (χ3n) is 2.90. The lowest BCUT2D eigenvalue weighted by Crippen LogP contribution is -2.02. The third kappa shape index (κ3) is 1.40. The van der Waals surface area contributed by atoms with Gasteiger partial charge in [-0.25, -0.2) is 0 Å². The lowest BCUT2D eigenvalue weighted by atomic mass is 10.1. The van der Waals surface area contributed by atoms with Gasteiger partial charge in [-0.15, -0.1) is 0 Å². The van der Waals surface area contributed by atoms with Crippen molar-refractivity contribution in [2.45, 2.75) is 0 Å². The van der Waals surface area contributed by atoms with Gasteiger partial charge in [0.2, 0.25) is 11.2 Å². The van der Waals surface area contributed by atoms with Gasteiger partial charge in [0, 0.05) is 6.07 Å². The first kappa shape index (κ1) is 11.2. The van der Waals surface area contributed by atoms with E-state index in [1.54, 1.807) is 0 Å². The molecule has 6 nitrogen and oxygen atoms in total. The standard InChI is InChI=1S/C13H8O6/c14-5-2-1-3-7-9(5)12(17)10-8(19-7)4-6(15)11(16)13(10)18/h1-4,14-16,18H. The molecular formula is C13H8O6. The normalized spacial score (nSPS) is 11.2. The molecule has 0 spiro atoms. The van der Waals surface area contributed by atoms with E-state index in [1.165, 1.54) is 18.2 Å². The van der Waals surface area contributed by atoms with Crippen molar-refractivity contribution in [3.8, 4) is 23.0 Å².